The lowest BCUT2D eigenvalue weighted by molar-refractivity contribution is 0.0126. The number of carbonyl (C=O) groups is 1. The van der Waals surface area contributed by atoms with Gasteiger partial charge in [0.05, 0.1) is 0 Å². The molecule has 118 valence electrons. The second-order valence-electron chi connectivity index (χ2n) is 5.48. The van der Waals surface area contributed by atoms with Crippen molar-refractivity contribution in [2.45, 2.75) is 38.6 Å². The summed E-state index contributed by atoms with van der Waals surface area (Å²) in [6.07, 6.45) is -0.247. The summed E-state index contributed by atoms with van der Waals surface area (Å²) in [7, 11) is 1.67. The van der Waals surface area contributed by atoms with E-state index in [9.17, 15) is 15.0 Å². The molecule has 1 amide bonds. The van der Waals surface area contributed by atoms with Crippen molar-refractivity contribution in [1.82, 2.24) is 15.3 Å². The highest BCUT2D eigenvalue weighted by Crippen LogP contribution is 2.15. The van der Waals surface area contributed by atoms with Gasteiger partial charge in [-0.15, -0.1) is 0 Å². The van der Waals surface area contributed by atoms with Crippen LogP contribution in [0.2, 0.25) is 0 Å². The topological polar surface area (TPSA) is 117 Å². The number of aromatic nitrogens is 2. The lowest BCUT2D eigenvalue weighted by atomic mass is 10.1. The lowest BCUT2D eigenvalue weighted by Gasteiger charge is -2.22. The van der Waals surface area contributed by atoms with E-state index in [1.54, 1.807) is 27.8 Å². The first-order valence-corrected chi connectivity index (χ1v) is 6.55. The second-order valence-corrected chi connectivity index (χ2v) is 5.48. The Morgan fingerprint density at radius 1 is 1.33 bits per heavy atom. The first-order chi connectivity index (χ1) is 9.73. The molecule has 4 N–H and O–H groups in total. The van der Waals surface area contributed by atoms with Crippen LogP contribution in [0.5, 0.6) is 0 Å². The van der Waals surface area contributed by atoms with E-state index in [0.29, 0.717) is 11.5 Å². The van der Waals surface area contributed by atoms with Crippen LogP contribution in [-0.2, 0) is 4.74 Å². The monoisotopic (exact) mass is 298 g/mol. The molecule has 0 radical (unpaired) electrons. The first-order valence-electron chi connectivity index (χ1n) is 6.55. The van der Waals surface area contributed by atoms with Gasteiger partial charge in [0, 0.05) is 31.5 Å². The van der Waals surface area contributed by atoms with E-state index >= 15 is 0 Å². The van der Waals surface area contributed by atoms with Crippen LogP contribution in [-0.4, -0.2) is 51.6 Å². The van der Waals surface area contributed by atoms with Crippen molar-refractivity contribution >= 4 is 12.0 Å². The van der Waals surface area contributed by atoms with Gasteiger partial charge >= 0.3 is 6.09 Å². The molecular formula is C13H22N4O4. The Balaban J connectivity index is 2.50. The van der Waals surface area contributed by atoms with Crippen molar-refractivity contribution < 1.29 is 19.7 Å². The van der Waals surface area contributed by atoms with Crippen molar-refractivity contribution in [2.24, 2.45) is 0 Å². The van der Waals surface area contributed by atoms with Crippen molar-refractivity contribution in [3.05, 3.63) is 18.0 Å². The third-order valence-corrected chi connectivity index (χ3v) is 2.46. The number of nitrogens with one attached hydrogen (secondary N) is 2. The molecule has 1 aromatic rings. The number of hydrogen-bond donors (Lipinski definition) is 4. The van der Waals surface area contributed by atoms with E-state index in [1.807, 2.05) is 0 Å². The van der Waals surface area contributed by atoms with Crippen LogP contribution in [0.25, 0.3) is 0 Å². The number of carbonyl (C=O) groups excluding carboxylic acids is 1. The number of aliphatic hydroxyl groups is 2. The van der Waals surface area contributed by atoms with Gasteiger partial charge in [-0.25, -0.2) is 14.8 Å². The van der Waals surface area contributed by atoms with Crippen LogP contribution in [0.4, 0.5) is 10.7 Å². The number of anilines is 1. The maximum Gasteiger partial charge on any atom is 0.407 e. The van der Waals surface area contributed by atoms with Crippen LogP contribution >= 0.6 is 0 Å². The maximum absolute atomic E-state index is 11.4. The van der Waals surface area contributed by atoms with Crippen molar-refractivity contribution in [3.63, 3.8) is 0 Å². The van der Waals surface area contributed by atoms with Gasteiger partial charge in [0.15, 0.2) is 0 Å². The summed E-state index contributed by atoms with van der Waals surface area (Å²) in [5, 5.41) is 24.9. The van der Waals surface area contributed by atoms with Gasteiger partial charge in [0.2, 0.25) is 5.95 Å². The highest BCUT2D eigenvalue weighted by Gasteiger charge is 2.22. The number of ether oxygens (including phenoxy) is 1. The number of rotatable bonds is 5. The Morgan fingerprint density at radius 2 is 1.90 bits per heavy atom. The molecule has 1 rings (SSSR count). The maximum atomic E-state index is 11.4. The summed E-state index contributed by atoms with van der Waals surface area (Å²) < 4.78 is 5.03. The Hall–Kier alpha value is -1.93. The zero-order chi connectivity index (χ0) is 16.0. The molecule has 0 aliphatic heterocycles. The molecule has 8 heteroatoms. The quantitative estimate of drug-likeness (QED) is 0.623. The molecular weight excluding hydrogens is 276 g/mol. The SMILES string of the molecule is CNc1ncc(C(O)C(O)CNC(=O)OC(C)(C)C)cn1. The van der Waals surface area contributed by atoms with Crippen molar-refractivity contribution in [1.29, 1.82) is 0 Å². The largest absolute Gasteiger partial charge is 0.444 e. The molecule has 0 aliphatic carbocycles. The van der Waals surface area contributed by atoms with E-state index in [4.69, 9.17) is 4.74 Å². The number of amides is 1. The molecule has 0 spiro atoms. The molecule has 2 unspecified atom stereocenters. The molecule has 0 aromatic carbocycles. The van der Waals surface area contributed by atoms with Crippen LogP contribution < -0.4 is 10.6 Å². The normalized spacial score (nSPS) is 14.2. The van der Waals surface area contributed by atoms with Gasteiger partial charge < -0.3 is 25.6 Å². The van der Waals surface area contributed by atoms with Gasteiger partial charge in [-0.05, 0) is 20.8 Å². The Kier molecular flexibility index (Phi) is 5.86. The van der Waals surface area contributed by atoms with E-state index in [1.165, 1.54) is 12.4 Å². The summed E-state index contributed by atoms with van der Waals surface area (Å²) >= 11 is 0. The minimum atomic E-state index is -1.20. The van der Waals surface area contributed by atoms with E-state index in [0.717, 1.165) is 0 Å². The molecule has 0 bridgehead atoms. The zero-order valence-electron chi connectivity index (χ0n) is 12.6. The fraction of sp³-hybridized carbons (Fsp3) is 0.615. The third kappa shape index (κ3) is 5.92. The molecule has 1 aromatic heterocycles. The number of hydrogen-bond acceptors (Lipinski definition) is 7. The minimum Gasteiger partial charge on any atom is -0.444 e. The highest BCUT2D eigenvalue weighted by molar-refractivity contribution is 5.67. The van der Waals surface area contributed by atoms with Gasteiger partial charge in [-0.1, -0.05) is 0 Å². The Morgan fingerprint density at radius 3 is 2.38 bits per heavy atom. The lowest BCUT2D eigenvalue weighted by Crippen LogP contribution is -2.38. The predicted octanol–water partition coefficient (Wildman–Crippen LogP) is 0.437. The smallest absolute Gasteiger partial charge is 0.407 e. The molecule has 21 heavy (non-hydrogen) atoms. The number of aliphatic hydroxyl groups excluding tert-OH is 2. The van der Waals surface area contributed by atoms with Crippen LogP contribution in [0.1, 0.15) is 32.4 Å². The zero-order valence-corrected chi connectivity index (χ0v) is 12.6. The van der Waals surface area contributed by atoms with Gasteiger partial charge in [0.1, 0.15) is 17.8 Å². The first kappa shape index (κ1) is 17.1. The summed E-state index contributed by atoms with van der Waals surface area (Å²) in [5.74, 6) is 0.410. The number of nitrogens with zero attached hydrogens (tertiary/aromatic N) is 2. The summed E-state index contributed by atoms with van der Waals surface area (Å²) in [6.45, 7) is 5.05. The molecule has 0 saturated carbocycles. The fourth-order valence-electron chi connectivity index (χ4n) is 1.46. The molecule has 2 atom stereocenters. The molecule has 0 aliphatic rings. The molecule has 0 fully saturated rings. The van der Waals surface area contributed by atoms with Gasteiger partial charge in [0.25, 0.3) is 0 Å². The van der Waals surface area contributed by atoms with E-state index < -0.39 is 23.9 Å². The minimum absolute atomic E-state index is 0.149. The van der Waals surface area contributed by atoms with E-state index in [-0.39, 0.29) is 6.54 Å². The van der Waals surface area contributed by atoms with Crippen molar-refractivity contribution in [2.75, 3.05) is 18.9 Å². The van der Waals surface area contributed by atoms with Crippen molar-refractivity contribution in [3.8, 4) is 0 Å². The Labute approximate surface area is 123 Å². The second kappa shape index (κ2) is 7.19. The molecule has 1 heterocycles. The average Bonchev–Trinajstić information content (AvgIpc) is 2.42. The van der Waals surface area contributed by atoms with Gasteiger partial charge in [-0.3, -0.25) is 0 Å². The van der Waals surface area contributed by atoms with Crippen LogP contribution in [0.3, 0.4) is 0 Å². The summed E-state index contributed by atoms with van der Waals surface area (Å²) in [4.78, 5) is 19.3. The fourth-order valence-corrected chi connectivity index (χ4v) is 1.46. The third-order valence-electron chi connectivity index (χ3n) is 2.46. The van der Waals surface area contributed by atoms with Crippen LogP contribution in [0.15, 0.2) is 12.4 Å². The average molecular weight is 298 g/mol. The summed E-state index contributed by atoms with van der Waals surface area (Å²) in [6, 6.07) is 0. The standard InChI is InChI=1S/C13H22N4O4/c1-13(2,3)21-12(20)17-7-9(18)10(19)8-5-15-11(14-4)16-6-8/h5-6,9-10,18-19H,7H2,1-4H3,(H,17,20)(H,14,15,16). The highest BCUT2D eigenvalue weighted by atomic mass is 16.6. The molecule has 8 nitrogen and oxygen atoms in total. The molecule has 0 saturated heterocycles. The van der Waals surface area contributed by atoms with Gasteiger partial charge in [-0.2, -0.15) is 0 Å². The number of alkyl carbamates (subject to hydrolysis) is 1. The Bertz CT molecular complexity index is 458. The predicted molar refractivity (Wildman–Crippen MR) is 76.8 cm³/mol. The summed E-state index contributed by atoms with van der Waals surface area (Å²) in [5.41, 5.74) is -0.266. The van der Waals surface area contributed by atoms with E-state index in [2.05, 4.69) is 20.6 Å². The van der Waals surface area contributed by atoms with Crippen LogP contribution in [0, 0.1) is 0 Å².